The van der Waals surface area contributed by atoms with E-state index in [0.29, 0.717) is 0 Å². The van der Waals surface area contributed by atoms with Crippen molar-refractivity contribution in [3.05, 3.63) is 18.0 Å². The summed E-state index contributed by atoms with van der Waals surface area (Å²) in [6, 6.07) is 0. The van der Waals surface area contributed by atoms with Gasteiger partial charge in [0.15, 0.2) is 5.16 Å². The molecule has 60 valence electrons. The predicted octanol–water partition coefficient (Wildman–Crippen LogP) is 1.25. The highest BCUT2D eigenvalue weighted by molar-refractivity contribution is 7.98. The van der Waals surface area contributed by atoms with Gasteiger partial charge in [-0.25, -0.2) is 9.97 Å². The van der Waals surface area contributed by atoms with Crippen molar-refractivity contribution in [3.63, 3.8) is 0 Å². The molecule has 1 heterocycles. The quantitative estimate of drug-likeness (QED) is 0.536. The Hall–Kier alpha value is -0.610. The molecular weight excluding hydrogens is 160 g/mol. The lowest BCUT2D eigenvalue weighted by Gasteiger charge is -2.02. The Morgan fingerprint density at radius 2 is 2.00 bits per heavy atom. The van der Waals surface area contributed by atoms with Crippen molar-refractivity contribution in [2.45, 2.75) is 18.2 Å². The highest BCUT2D eigenvalue weighted by Crippen LogP contribution is 2.11. The van der Waals surface area contributed by atoms with Crippen LogP contribution in [0.15, 0.2) is 17.6 Å². The zero-order chi connectivity index (χ0) is 8.27. The van der Waals surface area contributed by atoms with E-state index in [9.17, 15) is 0 Å². The second kappa shape index (κ2) is 3.69. The molecule has 1 aromatic rings. The molecule has 0 amide bonds. The normalized spacial score (nSPS) is 13.0. The first-order chi connectivity index (χ1) is 5.24. The van der Waals surface area contributed by atoms with E-state index in [1.807, 2.05) is 6.26 Å². The molecule has 4 heteroatoms. The lowest BCUT2D eigenvalue weighted by Crippen LogP contribution is -1.94. The largest absolute Gasteiger partial charge is 0.389 e. The van der Waals surface area contributed by atoms with Gasteiger partial charge in [0.2, 0.25) is 0 Å². The summed E-state index contributed by atoms with van der Waals surface area (Å²) in [5.41, 5.74) is 0.753. The van der Waals surface area contributed by atoms with Gasteiger partial charge in [-0.05, 0) is 13.2 Å². The maximum absolute atomic E-state index is 9.10. The third kappa shape index (κ3) is 2.17. The van der Waals surface area contributed by atoms with Gasteiger partial charge in [0.1, 0.15) is 0 Å². The third-order valence-corrected chi connectivity index (χ3v) is 1.89. The topological polar surface area (TPSA) is 46.0 Å². The molecular formula is C7H10N2OS. The van der Waals surface area contributed by atoms with Crippen molar-refractivity contribution < 1.29 is 5.11 Å². The fraction of sp³-hybridized carbons (Fsp3) is 0.429. The summed E-state index contributed by atoms with van der Waals surface area (Å²) < 4.78 is 0. The molecule has 0 radical (unpaired) electrons. The molecule has 1 aromatic heterocycles. The van der Waals surface area contributed by atoms with Gasteiger partial charge in [0.25, 0.3) is 0 Å². The first-order valence-corrected chi connectivity index (χ1v) is 4.50. The van der Waals surface area contributed by atoms with Crippen molar-refractivity contribution in [2.75, 3.05) is 6.26 Å². The Morgan fingerprint density at radius 1 is 1.45 bits per heavy atom. The van der Waals surface area contributed by atoms with Crippen LogP contribution in [0.3, 0.4) is 0 Å². The second-order valence-electron chi connectivity index (χ2n) is 2.18. The predicted molar refractivity (Wildman–Crippen MR) is 44.4 cm³/mol. The Balaban J connectivity index is 2.83. The molecule has 0 spiro atoms. The zero-order valence-corrected chi connectivity index (χ0v) is 7.30. The van der Waals surface area contributed by atoms with Crippen LogP contribution in [-0.4, -0.2) is 21.3 Å². The molecule has 1 atom stereocenters. The summed E-state index contributed by atoms with van der Waals surface area (Å²) in [7, 11) is 0. The van der Waals surface area contributed by atoms with Crippen molar-refractivity contribution in [1.82, 2.24) is 9.97 Å². The number of aliphatic hydroxyl groups excluding tert-OH is 1. The van der Waals surface area contributed by atoms with E-state index in [-0.39, 0.29) is 0 Å². The summed E-state index contributed by atoms with van der Waals surface area (Å²) in [4.78, 5) is 8.02. The minimum atomic E-state index is -0.481. The molecule has 0 aromatic carbocycles. The van der Waals surface area contributed by atoms with Crippen molar-refractivity contribution in [2.24, 2.45) is 0 Å². The smallest absolute Gasteiger partial charge is 0.187 e. The summed E-state index contributed by atoms with van der Waals surface area (Å²) in [5, 5.41) is 9.83. The Kier molecular flexibility index (Phi) is 2.84. The van der Waals surface area contributed by atoms with Crippen LogP contribution >= 0.6 is 11.8 Å². The molecule has 3 nitrogen and oxygen atoms in total. The van der Waals surface area contributed by atoms with E-state index in [4.69, 9.17) is 5.11 Å². The maximum Gasteiger partial charge on any atom is 0.187 e. The molecule has 1 unspecified atom stereocenters. The molecule has 1 rings (SSSR count). The lowest BCUT2D eigenvalue weighted by atomic mass is 10.2. The highest BCUT2D eigenvalue weighted by Gasteiger charge is 2.00. The van der Waals surface area contributed by atoms with E-state index < -0.39 is 6.10 Å². The number of nitrogens with zero attached hydrogens (tertiary/aromatic N) is 2. The summed E-state index contributed by atoms with van der Waals surface area (Å²) in [6.07, 6.45) is 4.72. The van der Waals surface area contributed by atoms with E-state index in [1.54, 1.807) is 19.3 Å². The lowest BCUT2D eigenvalue weighted by molar-refractivity contribution is 0.198. The average Bonchev–Trinajstić information content (AvgIpc) is 2.05. The number of thioether (sulfide) groups is 1. The highest BCUT2D eigenvalue weighted by atomic mass is 32.2. The van der Waals surface area contributed by atoms with Gasteiger partial charge >= 0.3 is 0 Å². The second-order valence-corrected chi connectivity index (χ2v) is 2.95. The van der Waals surface area contributed by atoms with Gasteiger partial charge in [-0.15, -0.1) is 0 Å². The molecule has 0 fully saturated rings. The fourth-order valence-electron chi connectivity index (χ4n) is 0.647. The van der Waals surface area contributed by atoms with Crippen molar-refractivity contribution in [3.8, 4) is 0 Å². The van der Waals surface area contributed by atoms with Crippen LogP contribution in [-0.2, 0) is 0 Å². The summed E-state index contributed by atoms with van der Waals surface area (Å²) >= 11 is 1.49. The number of hydrogen-bond acceptors (Lipinski definition) is 4. The van der Waals surface area contributed by atoms with Gasteiger partial charge in [0, 0.05) is 18.0 Å². The first-order valence-electron chi connectivity index (χ1n) is 3.28. The van der Waals surface area contributed by atoms with Gasteiger partial charge < -0.3 is 5.11 Å². The van der Waals surface area contributed by atoms with Gasteiger partial charge in [-0.2, -0.15) is 0 Å². The van der Waals surface area contributed by atoms with E-state index >= 15 is 0 Å². The number of aromatic nitrogens is 2. The summed E-state index contributed by atoms with van der Waals surface area (Å²) in [5.74, 6) is 0. The van der Waals surface area contributed by atoms with Gasteiger partial charge in [0.05, 0.1) is 6.10 Å². The third-order valence-electron chi connectivity index (χ3n) is 1.31. The van der Waals surface area contributed by atoms with E-state index in [0.717, 1.165) is 10.7 Å². The Labute approximate surface area is 69.9 Å². The zero-order valence-electron chi connectivity index (χ0n) is 6.48. The van der Waals surface area contributed by atoms with E-state index in [1.165, 1.54) is 11.8 Å². The minimum Gasteiger partial charge on any atom is -0.389 e. The van der Waals surface area contributed by atoms with Crippen LogP contribution in [0, 0.1) is 0 Å². The maximum atomic E-state index is 9.10. The van der Waals surface area contributed by atoms with Crippen LogP contribution < -0.4 is 0 Å². The van der Waals surface area contributed by atoms with Crippen LogP contribution in [0.2, 0.25) is 0 Å². The van der Waals surface area contributed by atoms with E-state index in [2.05, 4.69) is 9.97 Å². The molecule has 0 aliphatic carbocycles. The average molecular weight is 170 g/mol. The van der Waals surface area contributed by atoms with Crippen molar-refractivity contribution >= 4 is 11.8 Å². The van der Waals surface area contributed by atoms with Crippen LogP contribution in [0.4, 0.5) is 0 Å². The number of hydrogen-bond donors (Lipinski definition) is 1. The monoisotopic (exact) mass is 170 g/mol. The van der Waals surface area contributed by atoms with Crippen molar-refractivity contribution in [1.29, 1.82) is 0 Å². The van der Waals surface area contributed by atoms with Gasteiger partial charge in [-0.3, -0.25) is 0 Å². The van der Waals surface area contributed by atoms with Gasteiger partial charge in [-0.1, -0.05) is 11.8 Å². The molecule has 0 aliphatic heterocycles. The molecule has 0 aliphatic rings. The minimum absolute atomic E-state index is 0.481. The molecule has 1 N–H and O–H groups in total. The summed E-state index contributed by atoms with van der Waals surface area (Å²) in [6.45, 7) is 1.69. The van der Waals surface area contributed by atoms with Crippen LogP contribution in [0.1, 0.15) is 18.6 Å². The Morgan fingerprint density at radius 3 is 2.36 bits per heavy atom. The standard InChI is InChI=1S/C7H10N2OS/c1-5(10)6-3-8-7(11-2)9-4-6/h3-5,10H,1-2H3. The fourth-order valence-corrected chi connectivity index (χ4v) is 0.964. The first kappa shape index (κ1) is 8.49. The van der Waals surface area contributed by atoms with Crippen LogP contribution in [0.5, 0.6) is 0 Å². The number of aliphatic hydroxyl groups is 1. The molecule has 0 saturated heterocycles. The van der Waals surface area contributed by atoms with Crippen LogP contribution in [0.25, 0.3) is 0 Å². The SMILES string of the molecule is CSc1ncc(C(C)O)cn1. The molecule has 0 saturated carbocycles. The molecule has 11 heavy (non-hydrogen) atoms. The number of rotatable bonds is 2. The Bertz CT molecular complexity index is 222. The molecule has 0 bridgehead atoms.